The van der Waals surface area contributed by atoms with E-state index in [1.165, 1.54) is 53.7 Å². The molecule has 0 aliphatic heterocycles. The number of phenolic OH excluding ortho intramolecular Hbond substituents is 2. The van der Waals surface area contributed by atoms with E-state index in [1.807, 2.05) is 0 Å². The van der Waals surface area contributed by atoms with Crippen molar-refractivity contribution >= 4 is 11.0 Å². The van der Waals surface area contributed by atoms with E-state index in [9.17, 15) is 15.0 Å². The zero-order chi connectivity index (χ0) is 21.3. The number of phenols is 2. The van der Waals surface area contributed by atoms with Crippen LogP contribution in [0.4, 0.5) is 0 Å². The van der Waals surface area contributed by atoms with Crippen LogP contribution < -0.4 is 29.1 Å². The fourth-order valence-corrected chi connectivity index (χ4v) is 3.12. The minimum absolute atomic E-state index is 0.0153. The molecule has 0 aliphatic carbocycles. The molecule has 154 valence electrons. The summed E-state index contributed by atoms with van der Waals surface area (Å²) in [5.74, 6) is -0.00532. The van der Waals surface area contributed by atoms with Crippen molar-refractivity contribution in [2.45, 2.75) is 0 Å². The van der Waals surface area contributed by atoms with Gasteiger partial charge < -0.3 is 38.3 Å². The summed E-state index contributed by atoms with van der Waals surface area (Å²) in [6.07, 6.45) is 0. The number of aromatic hydroxyl groups is 2. The van der Waals surface area contributed by atoms with Gasteiger partial charge in [-0.25, -0.2) is 0 Å². The van der Waals surface area contributed by atoms with Crippen LogP contribution in [0.1, 0.15) is 0 Å². The molecule has 0 amide bonds. The van der Waals surface area contributed by atoms with Crippen LogP contribution in [0.3, 0.4) is 0 Å². The molecule has 1 heterocycles. The third kappa shape index (κ3) is 3.10. The predicted octanol–water partition coefficient (Wildman–Crippen LogP) is 2.91. The van der Waals surface area contributed by atoms with Gasteiger partial charge in [0.25, 0.3) is 0 Å². The van der Waals surface area contributed by atoms with Gasteiger partial charge in [0, 0.05) is 18.2 Å². The molecule has 1 aromatic heterocycles. The zero-order valence-corrected chi connectivity index (χ0v) is 16.5. The number of ether oxygens (including phenoxy) is 5. The van der Waals surface area contributed by atoms with Gasteiger partial charge >= 0.3 is 0 Å². The Bertz CT molecular complexity index is 1130. The molecular formula is C20H20O9. The van der Waals surface area contributed by atoms with Crippen molar-refractivity contribution in [1.82, 2.24) is 0 Å². The van der Waals surface area contributed by atoms with Gasteiger partial charge in [0.15, 0.2) is 28.4 Å². The Labute approximate surface area is 165 Å². The summed E-state index contributed by atoms with van der Waals surface area (Å²) in [5.41, 5.74) is -0.229. The van der Waals surface area contributed by atoms with Crippen LogP contribution in [0.25, 0.3) is 22.3 Å². The Balaban J connectivity index is 2.42. The lowest BCUT2D eigenvalue weighted by atomic mass is 10.1. The molecule has 9 nitrogen and oxygen atoms in total. The molecule has 0 radical (unpaired) electrons. The van der Waals surface area contributed by atoms with E-state index in [0.717, 1.165) is 0 Å². The van der Waals surface area contributed by atoms with E-state index >= 15 is 0 Å². The molecule has 0 aliphatic rings. The van der Waals surface area contributed by atoms with E-state index < -0.39 is 11.2 Å². The molecule has 9 heteroatoms. The Morgan fingerprint density at radius 2 is 1.38 bits per heavy atom. The highest BCUT2D eigenvalue weighted by Crippen LogP contribution is 2.50. The van der Waals surface area contributed by atoms with Crippen LogP contribution >= 0.6 is 0 Å². The first-order chi connectivity index (χ1) is 13.9. The summed E-state index contributed by atoms with van der Waals surface area (Å²) in [7, 11) is 6.86. The molecule has 0 spiro atoms. The Kier molecular flexibility index (Phi) is 5.31. The SMILES string of the molecule is COc1cc2oc(-c3c(OC)cc(O)c(OC)c3OC)cc(=O)c2c(O)c1OC. The Morgan fingerprint density at radius 3 is 1.93 bits per heavy atom. The lowest BCUT2D eigenvalue weighted by Crippen LogP contribution is -2.04. The second kappa shape index (κ2) is 7.70. The summed E-state index contributed by atoms with van der Waals surface area (Å²) >= 11 is 0. The highest BCUT2D eigenvalue weighted by molar-refractivity contribution is 5.90. The third-order valence-corrected chi connectivity index (χ3v) is 4.39. The largest absolute Gasteiger partial charge is 0.504 e. The number of methoxy groups -OCH3 is 5. The van der Waals surface area contributed by atoms with Gasteiger partial charge in [-0.2, -0.15) is 0 Å². The number of benzene rings is 2. The molecule has 29 heavy (non-hydrogen) atoms. The van der Waals surface area contributed by atoms with Gasteiger partial charge in [0.05, 0.1) is 35.5 Å². The summed E-state index contributed by atoms with van der Waals surface area (Å²) < 4.78 is 32.1. The maximum absolute atomic E-state index is 12.8. The summed E-state index contributed by atoms with van der Waals surface area (Å²) in [4.78, 5) is 12.8. The van der Waals surface area contributed by atoms with E-state index in [4.69, 9.17) is 28.1 Å². The van der Waals surface area contributed by atoms with Crippen LogP contribution in [0.2, 0.25) is 0 Å². The molecule has 3 rings (SSSR count). The molecular weight excluding hydrogens is 384 g/mol. The monoisotopic (exact) mass is 404 g/mol. The Hall–Kier alpha value is -3.75. The van der Waals surface area contributed by atoms with Gasteiger partial charge in [-0.1, -0.05) is 0 Å². The van der Waals surface area contributed by atoms with Gasteiger partial charge in [-0.05, 0) is 0 Å². The highest BCUT2D eigenvalue weighted by Gasteiger charge is 2.26. The van der Waals surface area contributed by atoms with Gasteiger partial charge in [-0.3, -0.25) is 4.79 Å². The van der Waals surface area contributed by atoms with Gasteiger partial charge in [-0.15, -0.1) is 0 Å². The predicted molar refractivity (Wildman–Crippen MR) is 104 cm³/mol. The van der Waals surface area contributed by atoms with Gasteiger partial charge in [0.1, 0.15) is 28.0 Å². The lowest BCUT2D eigenvalue weighted by molar-refractivity contribution is 0.327. The van der Waals surface area contributed by atoms with Crippen molar-refractivity contribution in [3.8, 4) is 51.6 Å². The van der Waals surface area contributed by atoms with Crippen LogP contribution in [0.5, 0.6) is 40.2 Å². The average molecular weight is 404 g/mol. The van der Waals surface area contributed by atoms with Crippen LogP contribution in [0, 0.1) is 0 Å². The Morgan fingerprint density at radius 1 is 0.759 bits per heavy atom. The zero-order valence-electron chi connectivity index (χ0n) is 16.5. The molecule has 0 fully saturated rings. The smallest absolute Gasteiger partial charge is 0.204 e. The first-order valence-corrected chi connectivity index (χ1v) is 8.35. The van der Waals surface area contributed by atoms with Crippen molar-refractivity contribution in [3.63, 3.8) is 0 Å². The molecule has 0 saturated heterocycles. The maximum atomic E-state index is 12.8. The molecule has 2 N–H and O–H groups in total. The van der Waals surface area contributed by atoms with Gasteiger partial charge in [0.2, 0.25) is 11.5 Å². The van der Waals surface area contributed by atoms with Crippen molar-refractivity contribution < 1.29 is 38.3 Å². The lowest BCUT2D eigenvalue weighted by Gasteiger charge is -2.17. The minimum Gasteiger partial charge on any atom is -0.504 e. The normalized spacial score (nSPS) is 10.7. The molecule has 0 bridgehead atoms. The number of rotatable bonds is 6. The highest BCUT2D eigenvalue weighted by atomic mass is 16.5. The second-order valence-electron chi connectivity index (χ2n) is 5.85. The van der Waals surface area contributed by atoms with E-state index in [1.54, 1.807) is 0 Å². The first-order valence-electron chi connectivity index (χ1n) is 8.35. The summed E-state index contributed by atoms with van der Waals surface area (Å²) in [5, 5.41) is 20.5. The maximum Gasteiger partial charge on any atom is 0.204 e. The number of hydrogen-bond donors (Lipinski definition) is 2. The fraction of sp³-hybridized carbons (Fsp3) is 0.250. The standard InChI is InChI=1S/C20H20O9/c1-24-11-7-10(22)18(26-3)20(28-5)16(11)12-6-9(21)15-13(29-12)8-14(25-2)19(27-4)17(15)23/h6-8,22-23H,1-5H3. The number of fused-ring (bicyclic) bond motifs is 1. The molecule has 2 aromatic carbocycles. The average Bonchev–Trinajstić information content (AvgIpc) is 2.71. The van der Waals surface area contributed by atoms with Crippen molar-refractivity contribution in [1.29, 1.82) is 0 Å². The van der Waals surface area contributed by atoms with Crippen LogP contribution in [0.15, 0.2) is 27.4 Å². The summed E-state index contributed by atoms with van der Waals surface area (Å²) in [6.45, 7) is 0. The van der Waals surface area contributed by atoms with Crippen molar-refractivity contribution in [3.05, 3.63) is 28.4 Å². The topological polar surface area (TPSA) is 117 Å². The number of hydrogen-bond acceptors (Lipinski definition) is 9. The summed E-state index contributed by atoms with van der Waals surface area (Å²) in [6, 6.07) is 3.91. The molecule has 0 unspecified atom stereocenters. The van der Waals surface area contributed by atoms with E-state index in [0.29, 0.717) is 0 Å². The van der Waals surface area contributed by atoms with Crippen LogP contribution in [-0.4, -0.2) is 45.8 Å². The molecule has 0 atom stereocenters. The van der Waals surface area contributed by atoms with Crippen LogP contribution in [-0.2, 0) is 0 Å². The van der Waals surface area contributed by atoms with E-state index in [-0.39, 0.29) is 56.8 Å². The quantitative estimate of drug-likeness (QED) is 0.639. The second-order valence-corrected chi connectivity index (χ2v) is 5.85. The molecule has 3 aromatic rings. The fourth-order valence-electron chi connectivity index (χ4n) is 3.12. The van der Waals surface area contributed by atoms with E-state index in [2.05, 4.69) is 0 Å². The first kappa shape index (κ1) is 20.0. The molecule has 0 saturated carbocycles. The van der Waals surface area contributed by atoms with Crippen molar-refractivity contribution in [2.24, 2.45) is 0 Å². The minimum atomic E-state index is -0.532. The third-order valence-electron chi connectivity index (χ3n) is 4.39. The van der Waals surface area contributed by atoms with Crippen molar-refractivity contribution in [2.75, 3.05) is 35.5 Å².